The summed E-state index contributed by atoms with van der Waals surface area (Å²) in [4.78, 5) is 36.1. The van der Waals surface area contributed by atoms with Crippen molar-refractivity contribution in [1.29, 1.82) is 0 Å². The first-order valence-electron chi connectivity index (χ1n) is 12.8. The average Bonchev–Trinajstić information content (AvgIpc) is 3.56. The summed E-state index contributed by atoms with van der Waals surface area (Å²) in [7, 11) is 0. The Kier molecular flexibility index (Phi) is 7.25. The Morgan fingerprint density at radius 3 is 2.65 bits per heavy atom. The van der Waals surface area contributed by atoms with E-state index in [1.807, 2.05) is 30.3 Å². The first kappa shape index (κ1) is 26.1. The summed E-state index contributed by atoms with van der Waals surface area (Å²) in [5.41, 5.74) is 7.84. The second kappa shape index (κ2) is 11.1. The Morgan fingerprint density at radius 1 is 1.12 bits per heavy atom. The van der Waals surface area contributed by atoms with Crippen molar-refractivity contribution in [2.75, 3.05) is 10.3 Å². The number of H-pyrrole nitrogens is 1. The fourth-order valence-corrected chi connectivity index (χ4v) is 4.99. The van der Waals surface area contributed by atoms with E-state index in [2.05, 4.69) is 36.4 Å². The van der Waals surface area contributed by atoms with E-state index in [1.54, 1.807) is 29.4 Å². The van der Waals surface area contributed by atoms with Crippen molar-refractivity contribution in [2.24, 2.45) is 0 Å². The van der Waals surface area contributed by atoms with Crippen LogP contribution in [0.4, 0.5) is 11.6 Å². The molecule has 40 heavy (non-hydrogen) atoms. The molecule has 1 aliphatic heterocycles. The second-order valence-electron chi connectivity index (χ2n) is 9.63. The van der Waals surface area contributed by atoms with Crippen LogP contribution >= 0.6 is 23.2 Å². The van der Waals surface area contributed by atoms with Crippen molar-refractivity contribution in [3.05, 3.63) is 99.0 Å². The molecule has 11 nitrogen and oxygen atoms in total. The Balaban J connectivity index is 1.32. The highest BCUT2D eigenvalue weighted by atomic mass is 35.5. The van der Waals surface area contributed by atoms with E-state index >= 15 is 0 Å². The number of nitrogens with zero attached hydrogens (tertiary/aromatic N) is 5. The summed E-state index contributed by atoms with van der Waals surface area (Å²) in [5.74, 6) is 0.868. The van der Waals surface area contributed by atoms with E-state index in [0.29, 0.717) is 33.0 Å². The zero-order valence-electron chi connectivity index (χ0n) is 21.1. The van der Waals surface area contributed by atoms with Crippen molar-refractivity contribution in [3.8, 4) is 11.3 Å². The molecule has 2 aromatic carbocycles. The SMILES string of the molecule is O=C(Nc1n[nH]c(C2CCC2)n1)[C@H](Cc1ccccc1)n1cnc(-c2cc(Cl)ccc2N2C=C(Cl)NN2)cc1=O. The summed E-state index contributed by atoms with van der Waals surface area (Å²) in [6, 6.07) is 15.2. The summed E-state index contributed by atoms with van der Waals surface area (Å²) in [6.45, 7) is 0. The van der Waals surface area contributed by atoms with Crippen molar-refractivity contribution in [3.63, 3.8) is 0 Å². The van der Waals surface area contributed by atoms with Gasteiger partial charge < -0.3 is 0 Å². The summed E-state index contributed by atoms with van der Waals surface area (Å²) in [6.07, 6.45) is 6.55. The molecule has 0 bridgehead atoms. The Hall–Kier alpha value is -4.19. The molecule has 0 spiro atoms. The molecule has 13 heteroatoms. The number of rotatable bonds is 8. The van der Waals surface area contributed by atoms with E-state index in [1.165, 1.54) is 17.0 Å². The van der Waals surface area contributed by atoms with E-state index in [4.69, 9.17) is 23.2 Å². The summed E-state index contributed by atoms with van der Waals surface area (Å²) in [5, 5.41) is 12.4. The molecule has 3 heterocycles. The smallest absolute Gasteiger partial charge is 0.254 e. The van der Waals surface area contributed by atoms with Gasteiger partial charge in [-0.05, 0) is 36.6 Å². The first-order valence-corrected chi connectivity index (χ1v) is 13.5. The van der Waals surface area contributed by atoms with Crippen molar-refractivity contribution in [1.82, 2.24) is 35.7 Å². The van der Waals surface area contributed by atoms with E-state index in [0.717, 1.165) is 30.7 Å². The van der Waals surface area contributed by atoms with Crippen LogP contribution in [0, 0.1) is 0 Å². The number of halogens is 2. The molecule has 1 fully saturated rings. The van der Waals surface area contributed by atoms with Crippen LogP contribution in [0.3, 0.4) is 0 Å². The largest absolute Gasteiger partial charge is 0.292 e. The van der Waals surface area contributed by atoms with Gasteiger partial charge in [0.25, 0.3) is 5.56 Å². The molecule has 4 aromatic rings. The van der Waals surface area contributed by atoms with E-state index < -0.39 is 17.5 Å². The number of amides is 1. The monoisotopic (exact) mass is 577 g/mol. The zero-order chi connectivity index (χ0) is 27.6. The molecule has 0 radical (unpaired) electrons. The highest BCUT2D eigenvalue weighted by Crippen LogP contribution is 2.35. The molecule has 2 aromatic heterocycles. The molecule has 0 saturated heterocycles. The van der Waals surface area contributed by atoms with E-state index in [-0.39, 0.29) is 12.4 Å². The molecule has 1 saturated carbocycles. The van der Waals surface area contributed by atoms with Crippen molar-refractivity contribution < 1.29 is 4.79 Å². The lowest BCUT2D eigenvalue weighted by atomic mass is 9.85. The van der Waals surface area contributed by atoms with Gasteiger partial charge in [-0.1, -0.05) is 60.0 Å². The number of nitrogens with one attached hydrogen (secondary N) is 4. The number of hydrogen-bond donors (Lipinski definition) is 4. The molecule has 2 aliphatic rings. The molecule has 204 valence electrons. The molecule has 1 aliphatic carbocycles. The third-order valence-corrected chi connectivity index (χ3v) is 7.44. The maximum Gasteiger partial charge on any atom is 0.254 e. The Bertz CT molecular complexity index is 1630. The normalized spacial score (nSPS) is 15.8. The number of hydrazine groups is 2. The molecule has 1 amide bonds. The maximum absolute atomic E-state index is 13.5. The van der Waals surface area contributed by atoms with Crippen LogP contribution in [-0.4, -0.2) is 30.6 Å². The van der Waals surface area contributed by atoms with Gasteiger partial charge in [-0.25, -0.2) is 4.98 Å². The van der Waals surface area contributed by atoms with Gasteiger partial charge in [-0.2, -0.15) is 4.98 Å². The van der Waals surface area contributed by atoms with Gasteiger partial charge in [-0.3, -0.25) is 35.0 Å². The standard InChI is InChI=1S/C27H25Cl2N9O2/c28-18-9-10-21(38-14-23(29)33-36-38)19(12-18)20-13-24(39)37(15-30-20)22(11-16-5-2-1-3-6-16)26(40)32-27-31-25(34-35-27)17-7-4-8-17/h1-3,5-6,9-10,12-15,17,22,33,36H,4,7-8,11H2,(H2,31,32,34,35,40)/t22-/m0/s1. The molecule has 0 unspecified atom stereocenters. The van der Waals surface area contributed by atoms with Crippen LogP contribution in [0.15, 0.2) is 77.1 Å². The minimum atomic E-state index is -0.896. The number of carbonyl (C=O) groups excluding carboxylic acids is 1. The van der Waals surface area contributed by atoms with Crippen molar-refractivity contribution in [2.45, 2.75) is 37.6 Å². The molecular formula is C27H25Cl2N9O2. The van der Waals surface area contributed by atoms with Gasteiger partial charge in [0.05, 0.1) is 23.9 Å². The van der Waals surface area contributed by atoms with Gasteiger partial charge >= 0.3 is 0 Å². The number of anilines is 2. The number of hydrogen-bond acceptors (Lipinski definition) is 8. The average molecular weight is 578 g/mol. The van der Waals surface area contributed by atoms with E-state index in [9.17, 15) is 9.59 Å². The fourth-order valence-electron chi connectivity index (χ4n) is 4.68. The lowest BCUT2D eigenvalue weighted by Gasteiger charge is -2.22. The van der Waals surface area contributed by atoms with Crippen LogP contribution in [0.1, 0.15) is 42.6 Å². The summed E-state index contributed by atoms with van der Waals surface area (Å²) < 4.78 is 1.32. The maximum atomic E-state index is 13.5. The van der Waals surface area contributed by atoms with Gasteiger partial charge in [0.15, 0.2) is 0 Å². The van der Waals surface area contributed by atoms with Crippen LogP contribution in [0.2, 0.25) is 5.02 Å². The Labute approximate surface area is 239 Å². The lowest BCUT2D eigenvalue weighted by molar-refractivity contribution is -0.119. The molecule has 4 N–H and O–H groups in total. The summed E-state index contributed by atoms with van der Waals surface area (Å²) >= 11 is 12.3. The molecule has 1 atom stereocenters. The fraction of sp³-hybridized carbons (Fsp3) is 0.222. The molecular weight excluding hydrogens is 553 g/mol. The van der Waals surface area contributed by atoms with Crippen LogP contribution in [-0.2, 0) is 11.2 Å². The highest BCUT2D eigenvalue weighted by Gasteiger charge is 2.27. The quantitative estimate of drug-likeness (QED) is 0.228. The minimum Gasteiger partial charge on any atom is -0.292 e. The van der Waals surface area contributed by atoms with Gasteiger partial charge in [-0.15, -0.1) is 10.6 Å². The third kappa shape index (κ3) is 5.44. The van der Waals surface area contributed by atoms with Crippen LogP contribution < -0.4 is 26.8 Å². The highest BCUT2D eigenvalue weighted by molar-refractivity contribution is 6.31. The third-order valence-electron chi connectivity index (χ3n) is 7.01. The number of carbonyl (C=O) groups is 1. The number of aromatic nitrogens is 5. The molecule has 6 rings (SSSR count). The van der Waals surface area contributed by atoms with Gasteiger partial charge in [0, 0.05) is 29.0 Å². The first-order chi connectivity index (χ1) is 19.4. The second-order valence-corrected chi connectivity index (χ2v) is 10.5. The lowest BCUT2D eigenvalue weighted by Crippen LogP contribution is -2.36. The number of benzene rings is 2. The number of aromatic amines is 1. The predicted octanol–water partition coefficient (Wildman–Crippen LogP) is 4.24. The predicted molar refractivity (Wildman–Crippen MR) is 152 cm³/mol. The van der Waals surface area contributed by atoms with Gasteiger partial charge in [0.2, 0.25) is 11.9 Å². The minimum absolute atomic E-state index is 0.185. The van der Waals surface area contributed by atoms with Crippen LogP contribution in [0.25, 0.3) is 11.3 Å². The van der Waals surface area contributed by atoms with Crippen molar-refractivity contribution >= 4 is 40.7 Å². The van der Waals surface area contributed by atoms with Gasteiger partial charge in [0.1, 0.15) is 17.0 Å². The Morgan fingerprint density at radius 2 is 1.95 bits per heavy atom. The topological polar surface area (TPSA) is 133 Å². The van der Waals surface area contributed by atoms with Crippen LogP contribution in [0.5, 0.6) is 0 Å². The zero-order valence-corrected chi connectivity index (χ0v) is 22.7.